The summed E-state index contributed by atoms with van der Waals surface area (Å²) in [6, 6.07) is 5.13. The van der Waals surface area contributed by atoms with Gasteiger partial charge in [0.25, 0.3) is 0 Å². The summed E-state index contributed by atoms with van der Waals surface area (Å²) in [6.07, 6.45) is 7.87. The Kier molecular flexibility index (Phi) is 3.07. The molecule has 0 amide bonds. The van der Waals surface area contributed by atoms with E-state index in [-0.39, 0.29) is 0 Å². The molecular weight excluding hydrogens is 342 g/mol. The van der Waals surface area contributed by atoms with Gasteiger partial charge < -0.3 is 14.6 Å². The van der Waals surface area contributed by atoms with Gasteiger partial charge >= 0.3 is 0 Å². The fraction of sp³-hybridized carbons (Fsp3) is 0.368. The van der Waals surface area contributed by atoms with Crippen LogP contribution in [0.4, 0.5) is 5.82 Å². The molecule has 0 atom stereocenters. The lowest BCUT2D eigenvalue weighted by atomic mass is 10.1. The second-order valence-electron chi connectivity index (χ2n) is 7.34. The molecule has 136 valence electrons. The molecule has 8 heteroatoms. The molecule has 2 fully saturated rings. The molecule has 1 aliphatic heterocycles. The number of imidazole rings is 1. The second kappa shape index (κ2) is 5.50. The molecule has 1 saturated heterocycles. The van der Waals surface area contributed by atoms with Crippen LogP contribution in [0.5, 0.6) is 0 Å². The molecule has 27 heavy (non-hydrogen) atoms. The lowest BCUT2D eigenvalue weighted by molar-refractivity contribution is 0.0210. The van der Waals surface area contributed by atoms with Crippen molar-refractivity contribution in [2.24, 2.45) is 0 Å². The summed E-state index contributed by atoms with van der Waals surface area (Å²) in [5.74, 6) is 1.86. The van der Waals surface area contributed by atoms with E-state index < -0.39 is 0 Å². The summed E-state index contributed by atoms with van der Waals surface area (Å²) in [5.41, 5.74) is 4.99. The average molecular weight is 361 g/mol. The van der Waals surface area contributed by atoms with Crippen LogP contribution < -0.4 is 5.32 Å². The van der Waals surface area contributed by atoms with E-state index >= 15 is 0 Å². The van der Waals surface area contributed by atoms with Gasteiger partial charge in [-0.05, 0) is 31.9 Å². The number of aromatic nitrogens is 6. The summed E-state index contributed by atoms with van der Waals surface area (Å²) in [6.45, 7) is 3.48. The maximum atomic E-state index is 5.28. The highest BCUT2D eigenvalue weighted by molar-refractivity contribution is 5.91. The van der Waals surface area contributed by atoms with E-state index in [9.17, 15) is 0 Å². The SMILES string of the molecule is Cc1nc2ncc(-c3ccn4ncnc(NC5COC5)c34)cc2n1C1CC1. The largest absolute Gasteiger partial charge is 0.377 e. The molecular formula is C19H19N7O. The number of ether oxygens (including phenoxy) is 1. The molecule has 1 N–H and O–H groups in total. The fourth-order valence-corrected chi connectivity index (χ4v) is 3.84. The molecule has 0 aromatic carbocycles. The molecule has 0 spiro atoms. The first-order valence-corrected chi connectivity index (χ1v) is 9.29. The maximum absolute atomic E-state index is 5.28. The summed E-state index contributed by atoms with van der Waals surface area (Å²) in [7, 11) is 0. The zero-order chi connectivity index (χ0) is 18.0. The molecule has 4 aromatic heterocycles. The van der Waals surface area contributed by atoms with Crippen LogP contribution in [0.25, 0.3) is 27.8 Å². The van der Waals surface area contributed by atoms with Crippen LogP contribution in [0, 0.1) is 6.92 Å². The van der Waals surface area contributed by atoms with Gasteiger partial charge in [0, 0.05) is 29.6 Å². The summed E-state index contributed by atoms with van der Waals surface area (Å²) >= 11 is 0. The van der Waals surface area contributed by atoms with Crippen LogP contribution in [0.2, 0.25) is 0 Å². The van der Waals surface area contributed by atoms with Crippen LogP contribution in [0.1, 0.15) is 24.7 Å². The smallest absolute Gasteiger partial charge is 0.177 e. The third kappa shape index (κ3) is 2.33. The number of pyridine rings is 1. The Labute approximate surface area is 155 Å². The molecule has 8 nitrogen and oxygen atoms in total. The fourth-order valence-electron chi connectivity index (χ4n) is 3.84. The van der Waals surface area contributed by atoms with Crippen molar-refractivity contribution in [3.63, 3.8) is 0 Å². The van der Waals surface area contributed by atoms with E-state index in [1.54, 1.807) is 6.33 Å². The zero-order valence-corrected chi connectivity index (χ0v) is 15.0. The quantitative estimate of drug-likeness (QED) is 0.602. The predicted molar refractivity (Wildman–Crippen MR) is 101 cm³/mol. The highest BCUT2D eigenvalue weighted by Crippen LogP contribution is 2.39. The zero-order valence-electron chi connectivity index (χ0n) is 15.0. The molecule has 0 unspecified atom stereocenters. The van der Waals surface area contributed by atoms with Crippen LogP contribution in [0.3, 0.4) is 0 Å². The monoisotopic (exact) mass is 361 g/mol. The highest BCUT2D eigenvalue weighted by Gasteiger charge is 2.28. The number of fused-ring (bicyclic) bond motifs is 2. The number of nitrogens with one attached hydrogen (secondary N) is 1. The van der Waals surface area contributed by atoms with Gasteiger partial charge in [-0.3, -0.25) is 0 Å². The van der Waals surface area contributed by atoms with Gasteiger partial charge in [-0.2, -0.15) is 5.10 Å². The molecule has 0 bridgehead atoms. The van der Waals surface area contributed by atoms with Crippen LogP contribution >= 0.6 is 0 Å². The minimum Gasteiger partial charge on any atom is -0.377 e. The van der Waals surface area contributed by atoms with Crippen LogP contribution in [-0.4, -0.2) is 48.4 Å². The van der Waals surface area contributed by atoms with Gasteiger partial charge in [0.05, 0.1) is 24.8 Å². The molecule has 6 rings (SSSR count). The minimum absolute atomic E-state index is 0.297. The Bertz CT molecular complexity index is 1170. The molecule has 5 heterocycles. The average Bonchev–Trinajstić information content (AvgIpc) is 3.27. The Morgan fingerprint density at radius 3 is 2.89 bits per heavy atom. The Balaban J connectivity index is 1.52. The van der Waals surface area contributed by atoms with Crippen molar-refractivity contribution in [3.05, 3.63) is 36.7 Å². The first-order valence-electron chi connectivity index (χ1n) is 9.29. The van der Waals surface area contributed by atoms with E-state index in [1.807, 2.05) is 16.9 Å². The van der Waals surface area contributed by atoms with Crippen molar-refractivity contribution in [2.45, 2.75) is 31.8 Å². The maximum Gasteiger partial charge on any atom is 0.177 e. The number of aryl methyl sites for hydroxylation is 1. The Hall–Kier alpha value is -3.00. The lowest BCUT2D eigenvalue weighted by Crippen LogP contribution is -2.40. The summed E-state index contributed by atoms with van der Waals surface area (Å²) in [4.78, 5) is 13.7. The lowest BCUT2D eigenvalue weighted by Gasteiger charge is -2.27. The van der Waals surface area contributed by atoms with Crippen molar-refractivity contribution in [3.8, 4) is 11.1 Å². The van der Waals surface area contributed by atoms with E-state index in [0.717, 1.165) is 39.4 Å². The predicted octanol–water partition coefficient (Wildman–Crippen LogP) is 2.60. The first kappa shape index (κ1) is 15.1. The number of nitrogens with zero attached hydrogens (tertiary/aromatic N) is 6. The molecule has 0 radical (unpaired) electrons. The van der Waals surface area contributed by atoms with Crippen LogP contribution in [0.15, 0.2) is 30.9 Å². The van der Waals surface area contributed by atoms with Crippen molar-refractivity contribution in [2.75, 3.05) is 18.5 Å². The number of hydrogen-bond acceptors (Lipinski definition) is 6. The molecule has 2 aliphatic rings. The number of rotatable bonds is 4. The van der Waals surface area contributed by atoms with Crippen molar-refractivity contribution >= 4 is 22.5 Å². The summed E-state index contributed by atoms with van der Waals surface area (Å²) in [5, 5.41) is 7.82. The van der Waals surface area contributed by atoms with E-state index in [1.165, 1.54) is 12.8 Å². The van der Waals surface area contributed by atoms with Gasteiger partial charge in [-0.15, -0.1) is 0 Å². The van der Waals surface area contributed by atoms with Gasteiger partial charge in [-0.25, -0.2) is 19.5 Å². The first-order chi connectivity index (χ1) is 13.3. The molecule has 1 aliphatic carbocycles. The van der Waals surface area contributed by atoms with Gasteiger partial charge in [0.1, 0.15) is 17.7 Å². The van der Waals surface area contributed by atoms with Gasteiger partial charge in [0.15, 0.2) is 11.5 Å². The number of anilines is 1. The topological polar surface area (TPSA) is 82.2 Å². The van der Waals surface area contributed by atoms with Crippen molar-refractivity contribution < 1.29 is 4.74 Å². The van der Waals surface area contributed by atoms with E-state index in [4.69, 9.17) is 4.74 Å². The minimum atomic E-state index is 0.297. The Morgan fingerprint density at radius 1 is 1.22 bits per heavy atom. The third-order valence-corrected chi connectivity index (χ3v) is 5.38. The third-order valence-electron chi connectivity index (χ3n) is 5.38. The number of hydrogen-bond donors (Lipinski definition) is 1. The van der Waals surface area contributed by atoms with E-state index in [2.05, 4.69) is 49.0 Å². The summed E-state index contributed by atoms with van der Waals surface area (Å²) < 4.78 is 9.46. The molecule has 1 saturated carbocycles. The standard InChI is InChI=1S/C19H19N7O/c1-11-23-18-16(26(11)14-2-3-14)6-12(7-20-18)15-4-5-25-17(15)19(21-10-22-25)24-13-8-27-9-13/h4-7,10,13-14H,2-3,8-9H2,1H3,(H,21,22,24). The van der Waals surface area contributed by atoms with E-state index in [0.29, 0.717) is 25.3 Å². The van der Waals surface area contributed by atoms with Crippen LogP contribution in [-0.2, 0) is 4.74 Å². The highest BCUT2D eigenvalue weighted by atomic mass is 16.5. The van der Waals surface area contributed by atoms with Crippen molar-refractivity contribution in [1.82, 2.24) is 29.1 Å². The van der Waals surface area contributed by atoms with Crippen molar-refractivity contribution in [1.29, 1.82) is 0 Å². The molecule has 4 aromatic rings. The van der Waals surface area contributed by atoms with Gasteiger partial charge in [-0.1, -0.05) is 0 Å². The van der Waals surface area contributed by atoms with Gasteiger partial charge in [0.2, 0.25) is 0 Å². The second-order valence-corrected chi connectivity index (χ2v) is 7.34. The normalized spacial score (nSPS) is 17.5. The Morgan fingerprint density at radius 2 is 2.11 bits per heavy atom.